The predicted octanol–water partition coefficient (Wildman–Crippen LogP) is 15.8. The number of esters is 1. The molecular formula is C102H111N27O12S5. The quantitative estimate of drug-likeness (QED) is 0.0203. The minimum Gasteiger partial charge on any atom is -0.451 e. The number of nitrogens with one attached hydrogen (secondary N) is 9. The van der Waals surface area contributed by atoms with Crippen molar-refractivity contribution < 1.29 is 57.2 Å². The molecule has 19 rings (SSSR count). The lowest BCUT2D eigenvalue weighted by atomic mass is 9.91. The molecule has 12 aromatic heterocycles. The Morgan fingerprint density at radius 3 is 1.14 bits per heavy atom. The molecule has 0 bridgehead atoms. The van der Waals surface area contributed by atoms with Crippen LogP contribution >= 0.6 is 45.3 Å². The van der Waals surface area contributed by atoms with E-state index in [0.717, 1.165) is 159 Å². The first-order valence-corrected chi connectivity index (χ1v) is 52.8. The van der Waals surface area contributed by atoms with Crippen molar-refractivity contribution in [1.29, 1.82) is 0 Å². The first-order valence-electron chi connectivity index (χ1n) is 47.7. The third-order valence-corrected chi connectivity index (χ3v) is 29.5. The molecule has 3 aliphatic heterocycles. The van der Waals surface area contributed by atoms with Crippen LogP contribution < -0.4 is 53.6 Å². The Bertz CT molecular complexity index is 7410. The molecule has 8 amide bonds. The minimum absolute atomic E-state index is 0.0741. The molecule has 3 aliphatic rings. The number of carbonyl (C=O) groups is 5. The fourth-order valence-corrected chi connectivity index (χ4v) is 21.7. The summed E-state index contributed by atoms with van der Waals surface area (Å²) in [7, 11) is -3.13. The summed E-state index contributed by atoms with van der Waals surface area (Å²) in [6.07, 6.45) is 23.0. The molecule has 44 heteroatoms. The highest BCUT2D eigenvalue weighted by Crippen LogP contribution is 2.45. The smallest absolute Gasteiger partial charge is 0.321 e. The molecule has 3 fully saturated rings. The van der Waals surface area contributed by atoms with E-state index in [0.29, 0.717) is 113 Å². The normalized spacial score (nSPS) is 14.3. The zero-order valence-electron chi connectivity index (χ0n) is 81.6. The van der Waals surface area contributed by atoms with Crippen molar-refractivity contribution in [1.82, 2.24) is 111 Å². The zero-order chi connectivity index (χ0) is 103. The largest absolute Gasteiger partial charge is 0.451 e. The van der Waals surface area contributed by atoms with Gasteiger partial charge in [0.1, 0.15) is 16.8 Å². The number of piperidine rings is 1. The summed E-state index contributed by atoms with van der Waals surface area (Å²) in [5.74, 6) is 0.894. The second kappa shape index (κ2) is 46.7. The number of nitrogens with two attached hydrogens (primary N) is 1. The van der Waals surface area contributed by atoms with Crippen LogP contribution in [0.5, 0.6) is 0 Å². The average Bonchev–Trinajstić information content (AvgIpc) is 1.61. The molecular weight excluding hydrogens is 1960 g/mol. The van der Waals surface area contributed by atoms with Gasteiger partial charge in [-0.15, -0.1) is 0 Å². The number of fused-ring (bicyclic) bond motifs is 4. The van der Waals surface area contributed by atoms with E-state index in [4.69, 9.17) is 25.2 Å². The van der Waals surface area contributed by atoms with Crippen LogP contribution in [0.1, 0.15) is 130 Å². The fourth-order valence-electron chi connectivity index (χ4n) is 16.3. The number of benzene rings is 4. The first-order chi connectivity index (χ1) is 70.3. The maximum absolute atomic E-state index is 12.2. The number of sulfone groups is 1. The molecule has 14 N–H and O–H groups in total. The van der Waals surface area contributed by atoms with Gasteiger partial charge in [-0.2, -0.15) is 0 Å². The van der Waals surface area contributed by atoms with E-state index in [9.17, 15) is 47.7 Å². The third kappa shape index (κ3) is 25.9. The second-order valence-electron chi connectivity index (χ2n) is 35.5. The van der Waals surface area contributed by atoms with Gasteiger partial charge in [0.15, 0.2) is 59.3 Å². The molecule has 16 aromatic rings. The molecule has 0 saturated carbocycles. The number of hydrogen-bond acceptors (Lipinski definition) is 35. The molecule has 0 unspecified atom stereocenters. The summed E-state index contributed by atoms with van der Waals surface area (Å²) >= 11 is 5.56. The third-order valence-electron chi connectivity index (χ3n) is 23.7. The van der Waals surface area contributed by atoms with Gasteiger partial charge in [0.2, 0.25) is 0 Å². The van der Waals surface area contributed by atoms with Crippen LogP contribution in [0, 0.1) is 0 Å². The van der Waals surface area contributed by atoms with Gasteiger partial charge in [-0.25, -0.2) is 87.4 Å². The highest BCUT2D eigenvalue weighted by atomic mass is 32.2. The molecule has 15 heterocycles. The number of pyridine rings is 4. The molecule has 0 spiro atoms. The Morgan fingerprint density at radius 2 is 0.801 bits per heavy atom. The van der Waals surface area contributed by atoms with Gasteiger partial charge in [-0.3, -0.25) is 50.9 Å². The van der Waals surface area contributed by atoms with Gasteiger partial charge < -0.3 is 57.1 Å². The monoisotopic (exact) mass is 2070 g/mol. The maximum Gasteiger partial charge on any atom is 0.321 e. The average molecular weight is 2070 g/mol. The number of nitrogens with zero attached hydrogens (tertiary/aromatic N) is 17. The van der Waals surface area contributed by atoms with E-state index in [1.54, 1.807) is 95.9 Å². The lowest BCUT2D eigenvalue weighted by Crippen LogP contribution is -2.51. The van der Waals surface area contributed by atoms with E-state index in [2.05, 4.69) is 135 Å². The SMILES string of the molecule is CCNC(=O)Nc1nc2cc(-c3cnc(C(C)(C)O)nc3)cc(-c3cc(CN4CC(OCC)C4)ccn3)c2s1.CCNC(=O)Nc1nc2cc(-c3cnc(C(C)(C)OC(=O)CCCN)nc3)cc(-c3ccccn3)c2s1.CCNC(=O)Nc1nc2cc(-c3cnc(C4(O)CCNCC4)nc3)cc(-c3ccccn3)c2s1.CCNC(=O)Nc1nc2cc(-c3cnc(C4(O)CCS(=O)(=O)CC4)nc3)cc(-c3ccccn3)c2s1. The number of aromatic nitrogens is 16. The lowest BCUT2D eigenvalue weighted by molar-refractivity contribution is -0.158. The first kappa shape index (κ1) is 104. The highest BCUT2D eigenvalue weighted by molar-refractivity contribution is 7.91. The van der Waals surface area contributed by atoms with E-state index in [-0.39, 0.29) is 66.7 Å². The number of likely N-dealkylation sites (tertiary alicyclic amines) is 1. The van der Waals surface area contributed by atoms with E-state index < -0.39 is 32.2 Å². The van der Waals surface area contributed by atoms with E-state index in [1.165, 1.54) is 45.3 Å². The number of urea groups is 4. The van der Waals surface area contributed by atoms with Crippen molar-refractivity contribution in [3.8, 4) is 89.5 Å². The molecule has 0 atom stereocenters. The summed E-state index contributed by atoms with van der Waals surface area (Å²) < 4.78 is 38.4. The summed E-state index contributed by atoms with van der Waals surface area (Å²) in [4.78, 5) is 135. The van der Waals surface area contributed by atoms with Crippen LogP contribution in [0.25, 0.3) is 130 Å². The van der Waals surface area contributed by atoms with Gasteiger partial charge in [0, 0.05) is 178 Å². The van der Waals surface area contributed by atoms with Crippen molar-refractivity contribution in [2.45, 2.75) is 136 Å². The summed E-state index contributed by atoms with van der Waals surface area (Å²) in [6, 6.07) is 35.8. The van der Waals surface area contributed by atoms with Crippen LogP contribution in [-0.4, -0.2) is 222 Å². The lowest BCUT2D eigenvalue weighted by Gasteiger charge is -2.38. The molecule has 39 nitrogen and oxygen atoms in total. The number of rotatable bonds is 28. The van der Waals surface area contributed by atoms with Crippen molar-refractivity contribution >= 4 is 147 Å². The van der Waals surface area contributed by atoms with Crippen molar-refractivity contribution in [3.63, 3.8) is 0 Å². The number of ether oxygens (including phenoxy) is 2. The standard InChI is InChI=1S/C28H33N7O3S.C26H29N7O3S.C24H25N7O2S.C24H24N6O4S2/c1-5-29-26(36)34-27-33-23-11-18(19-12-31-25(32-13-19)28(3,4)37)10-21(24(23)39-27)22-9-17(7-8-30-22)14-35-15-20(16-35)38-6-2;1-4-28-24(35)33-25-32-20-13-16(12-18(22(20)37-25)19-8-5-6-11-29-19)17-14-30-23(31-15-17)26(2,3)36-21(34)9-7-10-27;1-2-26-22(32)31-23-30-19-12-15(11-17(20(19)34-23)18-5-3-4-8-27-18)16-13-28-21(29-14-16)24(33)6-9-25-10-7-24;1-2-25-22(31)30-23-29-19-12-15(11-17(20(19)35-23)18-5-3-4-8-26-18)16-13-27-21(28-14-16)24(32)6-9-36(33,34)10-7-24/h7-13,20,37H,5-6,14-16H2,1-4H3,(H2,29,33,34,36);5-6,8,11-15H,4,7,9-10,27H2,1-3H3,(H2,28,32,33,35);3-5,8,11-14,25,33H,2,6-7,9-10H2,1H3,(H2,26,30,31,32);3-5,8,11-14,32H,2,6-7,9-10H2,1H3,(H2,25,29,30,31). The molecule has 0 aliphatic carbocycles. The molecule has 0 radical (unpaired) electrons. The second-order valence-corrected chi connectivity index (χ2v) is 41.8. The summed E-state index contributed by atoms with van der Waals surface area (Å²) in [5.41, 5.74) is 18.2. The number of aliphatic hydroxyl groups is 3. The Hall–Kier alpha value is -14.4. The number of carbonyl (C=O) groups excluding carboxylic acids is 5. The predicted molar refractivity (Wildman–Crippen MR) is 567 cm³/mol. The van der Waals surface area contributed by atoms with Gasteiger partial charge in [0.25, 0.3) is 0 Å². The van der Waals surface area contributed by atoms with Crippen LogP contribution in [0.3, 0.4) is 0 Å². The number of thiazole rings is 4. The van der Waals surface area contributed by atoms with E-state index >= 15 is 0 Å². The topological polar surface area (TPSA) is 542 Å². The fraction of sp³-hybridized carbons (Fsp3) is 0.324. The van der Waals surface area contributed by atoms with Gasteiger partial charge in [0.05, 0.1) is 81.3 Å². The van der Waals surface area contributed by atoms with E-state index in [1.807, 2.05) is 144 Å². The Labute approximate surface area is 857 Å². The molecule has 3 saturated heterocycles. The van der Waals surface area contributed by atoms with Crippen molar-refractivity contribution in [3.05, 3.63) is 218 Å². The zero-order valence-corrected chi connectivity index (χ0v) is 85.7. The number of hydrogen-bond donors (Lipinski definition) is 13. The summed E-state index contributed by atoms with van der Waals surface area (Å²) in [5, 5.41) is 59.4. The van der Waals surface area contributed by atoms with Gasteiger partial charge in [-0.05, 0) is 239 Å². The van der Waals surface area contributed by atoms with Crippen molar-refractivity contribution in [2.24, 2.45) is 5.73 Å². The van der Waals surface area contributed by atoms with Crippen LogP contribution in [-0.2, 0) is 53.1 Å². The maximum atomic E-state index is 12.2. The Balaban J connectivity index is 0.000000139. The molecule has 4 aromatic carbocycles. The van der Waals surface area contributed by atoms with Gasteiger partial charge >= 0.3 is 30.1 Å². The number of anilines is 4. The Kier molecular flexibility index (Phi) is 33.4. The highest BCUT2D eigenvalue weighted by Gasteiger charge is 2.40. The van der Waals surface area contributed by atoms with Crippen LogP contribution in [0.2, 0.25) is 0 Å². The molecule has 146 heavy (non-hydrogen) atoms. The van der Waals surface area contributed by atoms with Gasteiger partial charge in [-0.1, -0.05) is 63.5 Å². The minimum atomic E-state index is -3.13. The molecule has 756 valence electrons. The van der Waals surface area contributed by atoms with Crippen molar-refractivity contribution in [2.75, 3.05) is 98.3 Å². The summed E-state index contributed by atoms with van der Waals surface area (Å²) in [6.45, 7) is 23.6. The Morgan fingerprint density at radius 1 is 0.452 bits per heavy atom. The number of amides is 8. The van der Waals surface area contributed by atoms with Crippen LogP contribution in [0.4, 0.5) is 39.7 Å². The van der Waals surface area contributed by atoms with Crippen LogP contribution in [0.15, 0.2) is 190 Å².